The van der Waals surface area contributed by atoms with Crippen molar-refractivity contribution in [2.75, 3.05) is 11.9 Å². The molecule has 1 aromatic heterocycles. The van der Waals surface area contributed by atoms with Crippen molar-refractivity contribution >= 4 is 5.82 Å². The molecule has 1 aromatic rings. The van der Waals surface area contributed by atoms with Gasteiger partial charge in [-0.25, -0.2) is 0 Å². The van der Waals surface area contributed by atoms with Crippen LogP contribution in [-0.2, 0) is 0 Å². The smallest absolute Gasteiger partial charge is 0.313 e. The molecule has 5 heteroatoms. The lowest BCUT2D eigenvalue weighted by Crippen LogP contribution is -2.07. The number of hydrogen-bond donors (Lipinski definition) is 1. The summed E-state index contributed by atoms with van der Waals surface area (Å²) < 4.78 is 25.2. The lowest BCUT2D eigenvalue weighted by Gasteiger charge is -2.05. The van der Waals surface area contributed by atoms with Gasteiger partial charge in [-0.2, -0.15) is 18.7 Å². The Morgan fingerprint density at radius 3 is 2.58 bits per heavy atom. The predicted octanol–water partition coefficient (Wildman–Crippen LogP) is 1.50. The highest BCUT2D eigenvalue weighted by molar-refractivity contribution is 5.41. The molecule has 1 rings (SSSR count). The number of anilines is 1. The van der Waals surface area contributed by atoms with Crippen LogP contribution in [0.4, 0.5) is 14.6 Å². The van der Waals surface area contributed by atoms with E-state index in [0.717, 1.165) is 0 Å². The molecule has 0 radical (unpaired) electrons. The summed E-state index contributed by atoms with van der Waals surface area (Å²) >= 11 is 0. The van der Waals surface area contributed by atoms with E-state index in [-0.39, 0.29) is 11.4 Å². The quantitative estimate of drug-likeness (QED) is 0.544. The van der Waals surface area contributed by atoms with Gasteiger partial charge in [0, 0.05) is 12.1 Å². The fourth-order valence-electron chi connectivity index (χ4n) is 0.803. The molecule has 0 aliphatic rings. The summed E-state index contributed by atoms with van der Waals surface area (Å²) in [5.41, 5.74) is 0.234. The van der Waals surface area contributed by atoms with Crippen molar-refractivity contribution in [1.82, 2.24) is 9.97 Å². The lowest BCUT2D eigenvalue weighted by molar-refractivity contribution is 0.479. The highest BCUT2D eigenvalue weighted by Crippen LogP contribution is 2.12. The molecule has 0 aliphatic carbocycles. The van der Waals surface area contributed by atoms with Gasteiger partial charge < -0.3 is 5.32 Å². The second-order valence-electron chi connectivity index (χ2n) is 2.29. The molecule has 0 saturated carbocycles. The van der Waals surface area contributed by atoms with E-state index in [0.29, 0.717) is 6.54 Å². The van der Waals surface area contributed by atoms with Gasteiger partial charge in [0.25, 0.3) is 0 Å². The summed E-state index contributed by atoms with van der Waals surface area (Å²) in [4.78, 5) is 6.33. The second kappa shape index (κ2) is 3.42. The van der Waals surface area contributed by atoms with E-state index in [4.69, 9.17) is 0 Å². The molecule has 0 unspecified atom stereocenters. The average Bonchev–Trinajstić information content (AvgIpc) is 2.00. The summed E-state index contributed by atoms with van der Waals surface area (Å²) in [5, 5.41) is 2.73. The molecule has 0 saturated heterocycles. The number of aromatic nitrogens is 2. The van der Waals surface area contributed by atoms with Crippen molar-refractivity contribution in [2.45, 2.75) is 13.8 Å². The third kappa shape index (κ3) is 1.66. The second-order valence-corrected chi connectivity index (χ2v) is 2.29. The van der Waals surface area contributed by atoms with Gasteiger partial charge in [0.1, 0.15) is 5.82 Å². The standard InChI is InChI=1S/C7H9F2N3/c1-3-10-6-4(2)5(8)11-7(9)12-6/h3H2,1-2H3,(H,10,11,12). The first-order valence-electron chi connectivity index (χ1n) is 3.58. The fourth-order valence-corrected chi connectivity index (χ4v) is 0.803. The highest BCUT2D eigenvalue weighted by atomic mass is 19.1. The van der Waals surface area contributed by atoms with Crippen LogP contribution < -0.4 is 5.32 Å². The van der Waals surface area contributed by atoms with Gasteiger partial charge in [-0.15, -0.1) is 0 Å². The van der Waals surface area contributed by atoms with Gasteiger partial charge >= 0.3 is 6.08 Å². The first-order valence-corrected chi connectivity index (χ1v) is 3.58. The summed E-state index contributed by atoms with van der Waals surface area (Å²) in [5.74, 6) is -0.610. The van der Waals surface area contributed by atoms with Crippen molar-refractivity contribution < 1.29 is 8.78 Å². The van der Waals surface area contributed by atoms with Crippen molar-refractivity contribution in [1.29, 1.82) is 0 Å². The number of halogens is 2. The van der Waals surface area contributed by atoms with Crippen molar-refractivity contribution in [3.63, 3.8) is 0 Å². The molecular weight excluding hydrogens is 164 g/mol. The normalized spacial score (nSPS) is 10.0. The molecular formula is C7H9F2N3. The monoisotopic (exact) mass is 173 g/mol. The third-order valence-electron chi connectivity index (χ3n) is 1.40. The minimum atomic E-state index is -1.05. The summed E-state index contributed by atoms with van der Waals surface area (Å²) in [7, 11) is 0. The topological polar surface area (TPSA) is 37.8 Å². The Bertz CT molecular complexity index is 288. The summed E-state index contributed by atoms with van der Waals surface area (Å²) in [6.07, 6.45) is -1.05. The zero-order chi connectivity index (χ0) is 9.14. The van der Waals surface area contributed by atoms with E-state index in [1.54, 1.807) is 0 Å². The highest BCUT2D eigenvalue weighted by Gasteiger charge is 2.08. The molecule has 3 nitrogen and oxygen atoms in total. The minimum Gasteiger partial charge on any atom is -0.370 e. The van der Waals surface area contributed by atoms with E-state index >= 15 is 0 Å². The van der Waals surface area contributed by atoms with Gasteiger partial charge in [0.15, 0.2) is 0 Å². The molecule has 12 heavy (non-hydrogen) atoms. The number of rotatable bonds is 2. The minimum absolute atomic E-state index is 0.211. The van der Waals surface area contributed by atoms with E-state index in [2.05, 4.69) is 15.3 Å². The van der Waals surface area contributed by atoms with Crippen LogP contribution in [0.3, 0.4) is 0 Å². The van der Waals surface area contributed by atoms with Gasteiger partial charge in [0.05, 0.1) is 0 Å². The first-order chi connectivity index (χ1) is 5.65. The molecule has 0 spiro atoms. The van der Waals surface area contributed by atoms with Gasteiger partial charge in [-0.1, -0.05) is 0 Å². The van der Waals surface area contributed by atoms with Crippen LogP contribution in [0.25, 0.3) is 0 Å². The van der Waals surface area contributed by atoms with Gasteiger partial charge in [-0.3, -0.25) is 0 Å². The van der Waals surface area contributed by atoms with Gasteiger partial charge in [0.2, 0.25) is 5.95 Å². The van der Waals surface area contributed by atoms with E-state index in [1.807, 2.05) is 6.92 Å². The van der Waals surface area contributed by atoms with Crippen LogP contribution in [0.5, 0.6) is 0 Å². The van der Waals surface area contributed by atoms with Crippen molar-refractivity contribution in [3.05, 3.63) is 17.6 Å². The molecule has 0 bridgehead atoms. The first kappa shape index (κ1) is 8.83. The maximum Gasteiger partial charge on any atom is 0.313 e. The average molecular weight is 173 g/mol. The Labute approximate surface area is 68.8 Å². The maximum absolute atomic E-state index is 12.7. The van der Waals surface area contributed by atoms with Crippen LogP contribution in [0.2, 0.25) is 0 Å². The Kier molecular flexibility index (Phi) is 2.52. The molecule has 0 aromatic carbocycles. The Balaban J connectivity index is 3.09. The van der Waals surface area contributed by atoms with Crippen LogP contribution in [-0.4, -0.2) is 16.5 Å². The number of nitrogens with zero attached hydrogens (tertiary/aromatic N) is 2. The third-order valence-corrected chi connectivity index (χ3v) is 1.40. The summed E-state index contributed by atoms with van der Waals surface area (Å²) in [6.45, 7) is 3.88. The zero-order valence-electron chi connectivity index (χ0n) is 6.86. The Hall–Kier alpha value is -1.26. The molecule has 1 heterocycles. The SMILES string of the molecule is CCNc1nc(F)nc(F)c1C. The van der Waals surface area contributed by atoms with E-state index in [1.165, 1.54) is 6.92 Å². The zero-order valence-corrected chi connectivity index (χ0v) is 6.86. The van der Waals surface area contributed by atoms with E-state index in [9.17, 15) is 8.78 Å². The molecule has 1 N–H and O–H groups in total. The fraction of sp³-hybridized carbons (Fsp3) is 0.429. The Morgan fingerprint density at radius 2 is 2.00 bits per heavy atom. The summed E-state index contributed by atoms with van der Waals surface area (Å²) in [6, 6.07) is 0. The molecule has 0 amide bonds. The molecule has 0 aliphatic heterocycles. The van der Waals surface area contributed by atoms with Crippen LogP contribution in [0.1, 0.15) is 12.5 Å². The Morgan fingerprint density at radius 1 is 1.33 bits per heavy atom. The maximum atomic E-state index is 12.7. The lowest BCUT2D eigenvalue weighted by atomic mass is 10.3. The van der Waals surface area contributed by atoms with Crippen molar-refractivity contribution in [3.8, 4) is 0 Å². The van der Waals surface area contributed by atoms with Crippen molar-refractivity contribution in [2.24, 2.45) is 0 Å². The van der Waals surface area contributed by atoms with Gasteiger partial charge in [-0.05, 0) is 13.8 Å². The van der Waals surface area contributed by atoms with Crippen LogP contribution >= 0.6 is 0 Å². The van der Waals surface area contributed by atoms with Crippen LogP contribution in [0.15, 0.2) is 0 Å². The molecule has 0 atom stereocenters. The number of nitrogens with one attached hydrogen (secondary N) is 1. The molecule has 0 fully saturated rings. The molecule has 66 valence electrons. The largest absolute Gasteiger partial charge is 0.370 e. The van der Waals surface area contributed by atoms with E-state index < -0.39 is 12.0 Å². The number of hydrogen-bond acceptors (Lipinski definition) is 3. The predicted molar refractivity (Wildman–Crippen MR) is 40.8 cm³/mol. The van der Waals surface area contributed by atoms with Crippen LogP contribution in [0, 0.1) is 18.9 Å².